The van der Waals surface area contributed by atoms with E-state index in [1.807, 2.05) is 29.5 Å². The van der Waals surface area contributed by atoms with Crippen molar-refractivity contribution in [3.05, 3.63) is 176 Å². The van der Waals surface area contributed by atoms with Crippen LogP contribution in [0.1, 0.15) is 0 Å². The summed E-state index contributed by atoms with van der Waals surface area (Å²) in [5.74, 6) is 0. The van der Waals surface area contributed by atoms with Crippen LogP contribution >= 0.6 is 11.3 Å². The minimum atomic E-state index is 0.908. The average Bonchev–Trinajstić information content (AvgIpc) is 3.63. The molecule has 0 radical (unpaired) electrons. The maximum Gasteiger partial charge on any atom is 0.0972 e. The summed E-state index contributed by atoms with van der Waals surface area (Å²) in [6.07, 6.45) is 0. The van der Waals surface area contributed by atoms with Crippen LogP contribution in [0.2, 0.25) is 0 Å². The molecule has 11 rings (SSSR count). The standard InChI is InChI=1S/C49H29N3S/c1-2-11-31(12-3-1)41-28-26-34-24-25-35-27-29-42(51-47(35)46(34)50-41)32-20-22-33(23-21-32)45-44-39-15-6-7-19-43(39)53-49(44)40-18-9-17-38(48(40)52-45)37-16-8-13-30-10-4-5-14-36(30)37/h1-29H. The number of para-hydroxylation sites is 1. The van der Waals surface area contributed by atoms with Gasteiger partial charge in [0.15, 0.2) is 0 Å². The Hall–Kier alpha value is -6.75. The van der Waals surface area contributed by atoms with Gasteiger partial charge in [0.05, 0.1) is 33.6 Å². The molecule has 0 fully saturated rings. The molecule has 0 aliphatic rings. The fraction of sp³-hybridized carbons (Fsp3) is 0. The van der Waals surface area contributed by atoms with E-state index in [-0.39, 0.29) is 0 Å². The molecule has 4 heterocycles. The SMILES string of the molecule is c1ccc(-c2ccc3ccc4ccc(-c5ccc(-c6nc7c(-c8cccc9ccccc89)cccc7c7sc8ccccc8c67)cc5)nc4c3n2)cc1. The van der Waals surface area contributed by atoms with Crippen LogP contribution in [0.15, 0.2) is 176 Å². The van der Waals surface area contributed by atoms with Gasteiger partial charge in [0.25, 0.3) is 0 Å². The van der Waals surface area contributed by atoms with Gasteiger partial charge in [-0.1, -0.05) is 158 Å². The van der Waals surface area contributed by atoms with Crippen molar-refractivity contribution < 1.29 is 0 Å². The van der Waals surface area contributed by atoms with Gasteiger partial charge in [0.1, 0.15) is 0 Å². The first kappa shape index (κ1) is 29.9. The predicted molar refractivity (Wildman–Crippen MR) is 224 cm³/mol. The Bertz CT molecular complexity index is 3210. The highest BCUT2D eigenvalue weighted by Crippen LogP contribution is 2.45. The lowest BCUT2D eigenvalue weighted by Crippen LogP contribution is -1.92. The lowest BCUT2D eigenvalue weighted by molar-refractivity contribution is 1.36. The molecule has 3 nitrogen and oxygen atoms in total. The maximum absolute atomic E-state index is 5.57. The summed E-state index contributed by atoms with van der Waals surface area (Å²) in [4.78, 5) is 15.9. The molecule has 0 spiro atoms. The van der Waals surface area contributed by atoms with Gasteiger partial charge < -0.3 is 0 Å². The first-order chi connectivity index (χ1) is 26.3. The van der Waals surface area contributed by atoms with Gasteiger partial charge in [-0.05, 0) is 34.5 Å². The van der Waals surface area contributed by atoms with Crippen LogP contribution in [0.3, 0.4) is 0 Å². The third-order valence-electron chi connectivity index (χ3n) is 10.5. The van der Waals surface area contributed by atoms with E-state index in [2.05, 4.69) is 158 Å². The molecule has 0 bridgehead atoms. The van der Waals surface area contributed by atoms with Crippen LogP contribution in [0.25, 0.3) is 109 Å². The number of hydrogen-bond donors (Lipinski definition) is 0. The molecule has 0 saturated heterocycles. The van der Waals surface area contributed by atoms with Gasteiger partial charge in [-0.25, -0.2) is 15.0 Å². The van der Waals surface area contributed by atoms with Crippen molar-refractivity contribution in [3.63, 3.8) is 0 Å². The van der Waals surface area contributed by atoms with Crippen LogP contribution in [0, 0.1) is 0 Å². The van der Waals surface area contributed by atoms with E-state index in [9.17, 15) is 0 Å². The summed E-state index contributed by atoms with van der Waals surface area (Å²) in [6.45, 7) is 0. The number of pyridine rings is 3. The van der Waals surface area contributed by atoms with Crippen molar-refractivity contribution in [2.45, 2.75) is 0 Å². The quantitative estimate of drug-likeness (QED) is 0.172. The molecular formula is C49H29N3S. The molecule has 246 valence electrons. The third kappa shape index (κ3) is 4.84. The van der Waals surface area contributed by atoms with Gasteiger partial charge in [0.2, 0.25) is 0 Å². The zero-order valence-corrected chi connectivity index (χ0v) is 29.3. The first-order valence-electron chi connectivity index (χ1n) is 17.9. The average molecular weight is 692 g/mol. The molecular weight excluding hydrogens is 663 g/mol. The van der Waals surface area contributed by atoms with Gasteiger partial charge in [0, 0.05) is 58.6 Å². The normalized spacial score (nSPS) is 11.8. The Morgan fingerprint density at radius 3 is 1.68 bits per heavy atom. The smallest absolute Gasteiger partial charge is 0.0972 e. The van der Waals surface area contributed by atoms with Crippen molar-refractivity contribution in [2.75, 3.05) is 0 Å². The molecule has 0 aliphatic carbocycles. The number of rotatable bonds is 4. The fourth-order valence-electron chi connectivity index (χ4n) is 7.87. The van der Waals surface area contributed by atoms with Crippen molar-refractivity contribution in [1.29, 1.82) is 0 Å². The first-order valence-corrected chi connectivity index (χ1v) is 18.7. The van der Waals surface area contributed by atoms with Crippen LogP contribution in [0.4, 0.5) is 0 Å². The summed E-state index contributed by atoms with van der Waals surface area (Å²) in [6, 6.07) is 62.4. The van der Waals surface area contributed by atoms with Crippen molar-refractivity contribution >= 4 is 75.0 Å². The number of thiophene rings is 1. The Labute approximate surface area is 309 Å². The number of aromatic nitrogens is 3. The van der Waals surface area contributed by atoms with Crippen LogP contribution in [-0.2, 0) is 0 Å². The molecule has 0 N–H and O–H groups in total. The second-order valence-electron chi connectivity index (χ2n) is 13.5. The Morgan fingerprint density at radius 1 is 0.340 bits per heavy atom. The van der Waals surface area contributed by atoms with E-state index in [1.54, 1.807) is 0 Å². The van der Waals surface area contributed by atoms with E-state index in [1.165, 1.54) is 41.9 Å². The minimum Gasteiger partial charge on any atom is -0.246 e. The molecule has 4 heteroatoms. The zero-order valence-electron chi connectivity index (χ0n) is 28.5. The number of benzene rings is 7. The van der Waals surface area contributed by atoms with E-state index in [4.69, 9.17) is 15.0 Å². The second kappa shape index (κ2) is 11.9. The lowest BCUT2D eigenvalue weighted by atomic mass is 9.94. The van der Waals surface area contributed by atoms with Crippen molar-refractivity contribution in [2.24, 2.45) is 0 Å². The van der Waals surface area contributed by atoms with E-state index >= 15 is 0 Å². The Balaban J connectivity index is 1.08. The highest BCUT2D eigenvalue weighted by molar-refractivity contribution is 7.26. The van der Waals surface area contributed by atoms with Crippen LogP contribution in [0.5, 0.6) is 0 Å². The second-order valence-corrected chi connectivity index (χ2v) is 14.6. The molecule has 0 aliphatic heterocycles. The largest absolute Gasteiger partial charge is 0.246 e. The molecule has 4 aromatic heterocycles. The molecule has 0 atom stereocenters. The molecule has 11 aromatic rings. The zero-order chi connectivity index (χ0) is 34.9. The topological polar surface area (TPSA) is 38.7 Å². The number of nitrogens with zero attached hydrogens (tertiary/aromatic N) is 3. The molecule has 0 amide bonds. The van der Waals surface area contributed by atoms with Gasteiger partial charge in [-0.3, -0.25) is 0 Å². The van der Waals surface area contributed by atoms with E-state index < -0.39 is 0 Å². The molecule has 0 unspecified atom stereocenters. The molecule has 0 saturated carbocycles. The Kier molecular flexibility index (Phi) is 6.73. The lowest BCUT2D eigenvalue weighted by Gasteiger charge is -2.13. The van der Waals surface area contributed by atoms with Gasteiger partial charge in [-0.15, -0.1) is 11.3 Å². The summed E-state index contributed by atoms with van der Waals surface area (Å²) in [7, 11) is 0. The van der Waals surface area contributed by atoms with Gasteiger partial charge >= 0.3 is 0 Å². The van der Waals surface area contributed by atoms with E-state index in [0.717, 1.165) is 66.7 Å². The summed E-state index contributed by atoms with van der Waals surface area (Å²) in [5, 5.41) is 8.23. The highest BCUT2D eigenvalue weighted by Gasteiger charge is 2.19. The molecule has 53 heavy (non-hydrogen) atoms. The number of hydrogen-bond acceptors (Lipinski definition) is 4. The van der Waals surface area contributed by atoms with Crippen molar-refractivity contribution in [3.8, 4) is 44.9 Å². The third-order valence-corrected chi connectivity index (χ3v) is 11.7. The fourth-order valence-corrected chi connectivity index (χ4v) is 9.10. The Morgan fingerprint density at radius 2 is 0.906 bits per heavy atom. The van der Waals surface area contributed by atoms with Crippen LogP contribution < -0.4 is 0 Å². The minimum absolute atomic E-state index is 0.908. The van der Waals surface area contributed by atoms with Crippen molar-refractivity contribution in [1.82, 2.24) is 15.0 Å². The predicted octanol–water partition coefficient (Wildman–Crippen LogP) is 13.5. The number of fused-ring (bicyclic) bond motifs is 9. The summed E-state index contributed by atoms with van der Waals surface area (Å²) < 4.78 is 2.53. The van der Waals surface area contributed by atoms with Crippen LogP contribution in [-0.4, -0.2) is 15.0 Å². The summed E-state index contributed by atoms with van der Waals surface area (Å²) >= 11 is 1.85. The summed E-state index contributed by atoms with van der Waals surface area (Å²) in [5.41, 5.74) is 11.3. The molecule has 7 aromatic carbocycles. The van der Waals surface area contributed by atoms with E-state index in [0.29, 0.717) is 0 Å². The highest BCUT2D eigenvalue weighted by atomic mass is 32.1. The maximum atomic E-state index is 5.57. The van der Waals surface area contributed by atoms with Gasteiger partial charge in [-0.2, -0.15) is 0 Å². The monoisotopic (exact) mass is 691 g/mol.